The Hall–Kier alpha value is -1.27. The van der Waals surface area contributed by atoms with Crippen molar-refractivity contribution in [2.24, 2.45) is 0 Å². The van der Waals surface area contributed by atoms with Gasteiger partial charge < -0.3 is 10.1 Å². The summed E-state index contributed by atoms with van der Waals surface area (Å²) in [6.45, 7) is 1.87. The molecule has 0 heterocycles. The van der Waals surface area contributed by atoms with Crippen molar-refractivity contribution in [1.82, 2.24) is 5.32 Å². The van der Waals surface area contributed by atoms with Crippen LogP contribution < -0.4 is 10.1 Å². The summed E-state index contributed by atoms with van der Waals surface area (Å²) in [6, 6.07) is 14.8. The van der Waals surface area contributed by atoms with Crippen molar-refractivity contribution in [2.75, 3.05) is 6.61 Å². The minimum absolute atomic E-state index is 0.0185. The van der Waals surface area contributed by atoms with E-state index in [9.17, 15) is 4.79 Å². The van der Waals surface area contributed by atoms with Crippen LogP contribution in [0.1, 0.15) is 18.5 Å². The highest BCUT2D eigenvalue weighted by molar-refractivity contribution is 14.1. The molecule has 0 bridgehead atoms. The molecule has 0 saturated heterocycles. The van der Waals surface area contributed by atoms with E-state index in [1.165, 1.54) is 0 Å². The van der Waals surface area contributed by atoms with Gasteiger partial charge in [0.15, 0.2) is 6.61 Å². The van der Waals surface area contributed by atoms with Crippen LogP contribution >= 0.6 is 34.2 Å². The number of halogens is 2. The van der Waals surface area contributed by atoms with Crippen molar-refractivity contribution in [3.63, 3.8) is 0 Å². The zero-order valence-electron chi connectivity index (χ0n) is 11.5. The van der Waals surface area contributed by atoms with Crippen LogP contribution in [-0.2, 0) is 4.79 Å². The second-order valence-corrected chi connectivity index (χ2v) is 6.21. The first kappa shape index (κ1) is 16.1. The Morgan fingerprint density at radius 1 is 1.24 bits per heavy atom. The number of carbonyl (C=O) groups excluding carboxylic acids is 1. The van der Waals surface area contributed by atoms with Gasteiger partial charge in [-0.2, -0.15) is 0 Å². The van der Waals surface area contributed by atoms with Crippen molar-refractivity contribution in [3.05, 3.63) is 62.7 Å². The summed E-state index contributed by atoms with van der Waals surface area (Å²) in [7, 11) is 0. The first-order valence-electron chi connectivity index (χ1n) is 6.48. The molecule has 21 heavy (non-hydrogen) atoms. The molecule has 1 atom stereocenters. The summed E-state index contributed by atoms with van der Waals surface area (Å²) in [4.78, 5) is 11.9. The summed E-state index contributed by atoms with van der Waals surface area (Å²) >= 11 is 8.32. The van der Waals surface area contributed by atoms with E-state index < -0.39 is 0 Å². The normalized spacial score (nSPS) is 11.8. The summed E-state index contributed by atoms with van der Waals surface area (Å²) in [5.74, 6) is 0.497. The van der Waals surface area contributed by atoms with Gasteiger partial charge in [0.05, 0.1) is 6.04 Å². The molecule has 1 N–H and O–H groups in total. The number of ether oxygens (including phenoxy) is 1. The van der Waals surface area contributed by atoms with E-state index in [0.717, 1.165) is 9.13 Å². The minimum Gasteiger partial charge on any atom is -0.484 e. The largest absolute Gasteiger partial charge is 0.484 e. The molecule has 2 aromatic carbocycles. The molecule has 0 aromatic heterocycles. The predicted octanol–water partition coefficient (Wildman–Crippen LogP) is 4.20. The fourth-order valence-electron chi connectivity index (χ4n) is 1.87. The van der Waals surface area contributed by atoms with Gasteiger partial charge >= 0.3 is 0 Å². The third-order valence-corrected chi connectivity index (χ3v) is 4.00. The number of carbonyl (C=O) groups is 1. The van der Waals surface area contributed by atoms with Gasteiger partial charge in [0.1, 0.15) is 5.75 Å². The average molecular weight is 416 g/mol. The van der Waals surface area contributed by atoms with Crippen LogP contribution in [0.3, 0.4) is 0 Å². The Balaban J connectivity index is 1.87. The van der Waals surface area contributed by atoms with Gasteiger partial charge in [-0.1, -0.05) is 29.8 Å². The van der Waals surface area contributed by atoms with Crippen LogP contribution in [-0.4, -0.2) is 12.5 Å². The van der Waals surface area contributed by atoms with Gasteiger partial charge in [-0.05, 0) is 65.4 Å². The Morgan fingerprint density at radius 2 is 1.90 bits per heavy atom. The first-order chi connectivity index (χ1) is 10.1. The molecule has 0 spiro atoms. The maximum absolute atomic E-state index is 11.9. The number of hydrogen-bond acceptors (Lipinski definition) is 2. The highest BCUT2D eigenvalue weighted by Crippen LogP contribution is 2.22. The molecular formula is C16H15ClINO2. The van der Waals surface area contributed by atoms with Gasteiger partial charge in [-0.3, -0.25) is 4.79 Å². The SMILES string of the molecule is CC(NC(=O)COc1ccc(I)cc1)c1ccccc1Cl. The standard InChI is InChI=1S/C16H15ClINO2/c1-11(14-4-2-3-5-15(14)17)19-16(20)10-21-13-8-6-12(18)7-9-13/h2-9,11H,10H2,1H3,(H,19,20). The number of benzene rings is 2. The number of nitrogens with one attached hydrogen (secondary N) is 1. The molecule has 3 nitrogen and oxygen atoms in total. The fourth-order valence-corrected chi connectivity index (χ4v) is 2.53. The van der Waals surface area contributed by atoms with E-state index >= 15 is 0 Å². The zero-order valence-corrected chi connectivity index (χ0v) is 14.4. The first-order valence-corrected chi connectivity index (χ1v) is 7.94. The van der Waals surface area contributed by atoms with Gasteiger partial charge in [-0.15, -0.1) is 0 Å². The lowest BCUT2D eigenvalue weighted by molar-refractivity contribution is -0.123. The Kier molecular flexibility index (Phi) is 5.87. The Bertz CT molecular complexity index is 616. The van der Waals surface area contributed by atoms with Crippen molar-refractivity contribution in [1.29, 1.82) is 0 Å². The molecular weight excluding hydrogens is 401 g/mol. The van der Waals surface area contributed by atoms with E-state index in [1.54, 1.807) is 0 Å². The Morgan fingerprint density at radius 3 is 2.57 bits per heavy atom. The molecule has 110 valence electrons. The number of amides is 1. The smallest absolute Gasteiger partial charge is 0.258 e. The quantitative estimate of drug-likeness (QED) is 0.743. The highest BCUT2D eigenvalue weighted by Gasteiger charge is 2.12. The molecule has 0 aliphatic carbocycles. The zero-order chi connectivity index (χ0) is 15.2. The second kappa shape index (κ2) is 7.66. The molecule has 2 rings (SSSR count). The van der Waals surface area contributed by atoms with Crippen LogP contribution in [0.2, 0.25) is 5.02 Å². The van der Waals surface area contributed by atoms with Crippen molar-refractivity contribution in [2.45, 2.75) is 13.0 Å². The van der Waals surface area contributed by atoms with E-state index in [4.69, 9.17) is 16.3 Å². The topological polar surface area (TPSA) is 38.3 Å². The lowest BCUT2D eigenvalue weighted by Gasteiger charge is -2.16. The summed E-state index contributed by atoms with van der Waals surface area (Å²) in [5, 5.41) is 3.51. The molecule has 2 aromatic rings. The van der Waals surface area contributed by atoms with E-state index in [1.807, 2.05) is 55.5 Å². The van der Waals surface area contributed by atoms with Crippen LogP contribution in [0.5, 0.6) is 5.75 Å². The van der Waals surface area contributed by atoms with Gasteiger partial charge in [0, 0.05) is 8.59 Å². The maximum atomic E-state index is 11.9. The van der Waals surface area contributed by atoms with Crippen molar-refractivity contribution in [3.8, 4) is 5.75 Å². The van der Waals surface area contributed by atoms with Crippen LogP contribution in [0.4, 0.5) is 0 Å². The lowest BCUT2D eigenvalue weighted by Crippen LogP contribution is -2.31. The summed E-state index contributed by atoms with van der Waals surface area (Å²) in [5.41, 5.74) is 0.891. The molecule has 0 aliphatic heterocycles. The van der Waals surface area contributed by atoms with E-state index in [2.05, 4.69) is 27.9 Å². The molecule has 0 aliphatic rings. The molecule has 0 saturated carbocycles. The fraction of sp³-hybridized carbons (Fsp3) is 0.188. The number of hydrogen-bond donors (Lipinski definition) is 1. The number of rotatable bonds is 5. The van der Waals surface area contributed by atoms with Crippen molar-refractivity contribution < 1.29 is 9.53 Å². The maximum Gasteiger partial charge on any atom is 0.258 e. The molecule has 1 unspecified atom stereocenters. The second-order valence-electron chi connectivity index (χ2n) is 4.55. The summed E-state index contributed by atoms with van der Waals surface area (Å²) in [6.07, 6.45) is 0. The third-order valence-electron chi connectivity index (χ3n) is 2.93. The van der Waals surface area contributed by atoms with Gasteiger partial charge in [0.25, 0.3) is 5.91 Å². The molecule has 0 fully saturated rings. The molecule has 0 radical (unpaired) electrons. The van der Waals surface area contributed by atoms with E-state index in [-0.39, 0.29) is 18.6 Å². The van der Waals surface area contributed by atoms with Gasteiger partial charge in [0.2, 0.25) is 0 Å². The minimum atomic E-state index is -0.180. The van der Waals surface area contributed by atoms with Crippen molar-refractivity contribution >= 4 is 40.1 Å². The third kappa shape index (κ3) is 4.89. The van der Waals surface area contributed by atoms with Crippen LogP contribution in [0, 0.1) is 3.57 Å². The van der Waals surface area contributed by atoms with Gasteiger partial charge in [-0.25, -0.2) is 0 Å². The van der Waals surface area contributed by atoms with E-state index in [0.29, 0.717) is 10.8 Å². The molecule has 5 heteroatoms. The highest BCUT2D eigenvalue weighted by atomic mass is 127. The Labute approximate surface area is 142 Å². The lowest BCUT2D eigenvalue weighted by atomic mass is 10.1. The van der Waals surface area contributed by atoms with Crippen LogP contribution in [0.25, 0.3) is 0 Å². The monoisotopic (exact) mass is 415 g/mol. The molecule has 1 amide bonds. The summed E-state index contributed by atoms with van der Waals surface area (Å²) < 4.78 is 6.56. The predicted molar refractivity (Wildman–Crippen MR) is 92.7 cm³/mol. The van der Waals surface area contributed by atoms with Crippen LogP contribution in [0.15, 0.2) is 48.5 Å². The average Bonchev–Trinajstić information content (AvgIpc) is 2.47.